The van der Waals surface area contributed by atoms with E-state index in [9.17, 15) is 22.8 Å². The van der Waals surface area contributed by atoms with Crippen LogP contribution >= 0.6 is 0 Å². The first-order valence-electron chi connectivity index (χ1n) is 10.8. The van der Waals surface area contributed by atoms with Gasteiger partial charge in [-0.05, 0) is 49.2 Å². The number of furan rings is 1. The van der Waals surface area contributed by atoms with E-state index in [0.717, 1.165) is 37.8 Å². The van der Waals surface area contributed by atoms with Crippen LogP contribution in [-0.4, -0.2) is 60.0 Å². The number of carbonyl (C=O) groups is 2. The Morgan fingerprint density at radius 3 is 2.44 bits per heavy atom. The first-order valence-corrected chi connectivity index (χ1v) is 10.8. The first kappa shape index (κ1) is 22.4. The van der Waals surface area contributed by atoms with E-state index in [4.69, 9.17) is 9.15 Å². The quantitative estimate of drug-likeness (QED) is 0.684. The molecule has 1 aromatic heterocycles. The molecule has 2 amide bonds. The largest absolute Gasteiger partial charge is 0.459 e. The van der Waals surface area contributed by atoms with E-state index in [-0.39, 0.29) is 41.8 Å². The summed E-state index contributed by atoms with van der Waals surface area (Å²) in [5.74, 6) is -0.279. The Morgan fingerprint density at radius 1 is 1.09 bits per heavy atom. The van der Waals surface area contributed by atoms with Crippen LogP contribution in [0.4, 0.5) is 13.2 Å². The fraction of sp³-hybridized carbons (Fsp3) is 0.478. The van der Waals surface area contributed by atoms with Crippen molar-refractivity contribution in [1.82, 2.24) is 9.80 Å². The molecule has 2 aliphatic rings. The Kier molecular flexibility index (Phi) is 6.55. The highest BCUT2D eigenvalue weighted by Crippen LogP contribution is 2.29. The zero-order valence-electron chi connectivity index (χ0n) is 17.5. The molecule has 1 aliphatic heterocycles. The van der Waals surface area contributed by atoms with Gasteiger partial charge < -0.3 is 19.0 Å². The fourth-order valence-corrected chi connectivity index (χ4v) is 4.37. The second-order valence-electron chi connectivity index (χ2n) is 8.19. The fourth-order valence-electron chi connectivity index (χ4n) is 4.37. The topological polar surface area (TPSA) is 63.0 Å². The Labute approximate surface area is 183 Å². The highest BCUT2D eigenvalue weighted by Gasteiger charge is 2.34. The molecular formula is C23H25F3N2O4. The van der Waals surface area contributed by atoms with Gasteiger partial charge in [0.25, 0.3) is 11.8 Å². The van der Waals surface area contributed by atoms with Gasteiger partial charge >= 0.3 is 6.18 Å². The van der Waals surface area contributed by atoms with Crippen molar-refractivity contribution in [3.8, 4) is 0 Å². The lowest BCUT2D eigenvalue weighted by molar-refractivity contribution is -0.137. The molecule has 32 heavy (non-hydrogen) atoms. The van der Waals surface area contributed by atoms with E-state index in [2.05, 4.69) is 0 Å². The van der Waals surface area contributed by atoms with E-state index in [1.807, 2.05) is 0 Å². The van der Waals surface area contributed by atoms with Crippen LogP contribution < -0.4 is 0 Å². The Balaban J connectivity index is 1.44. The van der Waals surface area contributed by atoms with Crippen molar-refractivity contribution in [2.45, 2.75) is 44.0 Å². The van der Waals surface area contributed by atoms with Gasteiger partial charge in [-0.2, -0.15) is 13.2 Å². The smallest absolute Gasteiger partial charge is 0.416 e. The van der Waals surface area contributed by atoms with Crippen molar-refractivity contribution >= 4 is 11.8 Å². The molecule has 0 radical (unpaired) electrons. The van der Waals surface area contributed by atoms with E-state index in [1.165, 1.54) is 18.4 Å². The van der Waals surface area contributed by atoms with Crippen LogP contribution in [0.2, 0.25) is 0 Å². The summed E-state index contributed by atoms with van der Waals surface area (Å²) in [6.07, 6.45) is 0.549. The molecule has 2 aromatic rings. The van der Waals surface area contributed by atoms with Crippen LogP contribution in [0.15, 0.2) is 47.1 Å². The van der Waals surface area contributed by atoms with Crippen LogP contribution in [0.1, 0.15) is 52.2 Å². The van der Waals surface area contributed by atoms with Gasteiger partial charge in [-0.3, -0.25) is 9.59 Å². The van der Waals surface area contributed by atoms with Crippen LogP contribution in [-0.2, 0) is 10.9 Å². The molecule has 0 N–H and O–H groups in total. The normalized spacial score (nSPS) is 19.8. The van der Waals surface area contributed by atoms with Crippen molar-refractivity contribution in [2.75, 3.05) is 26.2 Å². The standard InChI is InChI=1S/C23H25F3N2O4/c24-23(25,26)17-9-7-16(8-10-17)21(29)27-11-13-31-19(14-27)15-28(18-4-1-2-5-18)22(30)20-6-3-12-32-20/h3,6-10,12,18-19H,1-2,4-5,11,13-15H2. The molecule has 2 heterocycles. The molecule has 4 rings (SSSR count). The highest BCUT2D eigenvalue weighted by molar-refractivity contribution is 5.94. The molecule has 1 unspecified atom stereocenters. The molecular weight excluding hydrogens is 425 g/mol. The molecule has 1 aliphatic carbocycles. The molecule has 172 valence electrons. The molecule has 1 atom stereocenters. The van der Waals surface area contributed by atoms with Crippen molar-refractivity contribution in [3.63, 3.8) is 0 Å². The van der Waals surface area contributed by atoms with Gasteiger partial charge in [0.1, 0.15) is 0 Å². The summed E-state index contributed by atoms with van der Waals surface area (Å²) in [7, 11) is 0. The Morgan fingerprint density at radius 2 is 1.81 bits per heavy atom. The van der Waals surface area contributed by atoms with Crippen LogP contribution in [0.25, 0.3) is 0 Å². The highest BCUT2D eigenvalue weighted by atomic mass is 19.4. The molecule has 6 nitrogen and oxygen atoms in total. The molecule has 1 saturated heterocycles. The molecule has 0 spiro atoms. The average molecular weight is 450 g/mol. The van der Waals surface area contributed by atoms with Crippen molar-refractivity contribution < 1.29 is 31.9 Å². The third-order valence-electron chi connectivity index (χ3n) is 6.04. The number of alkyl halides is 3. The number of morpholine rings is 1. The number of benzene rings is 1. The van der Waals surface area contributed by atoms with E-state index >= 15 is 0 Å². The van der Waals surface area contributed by atoms with E-state index in [1.54, 1.807) is 21.9 Å². The minimum Gasteiger partial charge on any atom is -0.459 e. The number of halogens is 3. The van der Waals surface area contributed by atoms with Gasteiger partial charge in [-0.25, -0.2) is 0 Å². The number of ether oxygens (including phenoxy) is 1. The number of carbonyl (C=O) groups excluding carboxylic acids is 2. The second kappa shape index (κ2) is 9.36. The SMILES string of the molecule is O=C(c1ccc(C(F)(F)F)cc1)N1CCOC(CN(C(=O)c2ccco2)C2CCCC2)C1. The summed E-state index contributed by atoms with van der Waals surface area (Å²) in [5.41, 5.74) is -0.601. The molecule has 2 fully saturated rings. The van der Waals surface area contributed by atoms with Crippen molar-refractivity contribution in [3.05, 3.63) is 59.5 Å². The Bertz CT molecular complexity index is 922. The monoisotopic (exact) mass is 450 g/mol. The molecule has 1 saturated carbocycles. The van der Waals surface area contributed by atoms with Crippen molar-refractivity contribution in [2.24, 2.45) is 0 Å². The zero-order chi connectivity index (χ0) is 22.7. The van der Waals surface area contributed by atoms with Crippen molar-refractivity contribution in [1.29, 1.82) is 0 Å². The summed E-state index contributed by atoms with van der Waals surface area (Å²) in [6, 6.07) is 7.61. The molecule has 0 bridgehead atoms. The summed E-state index contributed by atoms with van der Waals surface area (Å²) < 4.78 is 49.5. The number of nitrogens with zero attached hydrogens (tertiary/aromatic N) is 2. The number of hydrogen-bond acceptors (Lipinski definition) is 4. The lowest BCUT2D eigenvalue weighted by atomic mass is 10.1. The summed E-state index contributed by atoms with van der Waals surface area (Å²) in [6.45, 7) is 1.21. The van der Waals surface area contributed by atoms with Gasteiger partial charge in [0, 0.05) is 31.2 Å². The number of rotatable bonds is 5. The van der Waals surface area contributed by atoms with Gasteiger partial charge in [-0.1, -0.05) is 12.8 Å². The van der Waals surface area contributed by atoms with Gasteiger partial charge in [0.05, 0.1) is 24.5 Å². The van der Waals surface area contributed by atoms with E-state index in [0.29, 0.717) is 19.7 Å². The summed E-state index contributed by atoms with van der Waals surface area (Å²) in [5, 5.41) is 0. The van der Waals surface area contributed by atoms with Crippen LogP contribution in [0.3, 0.4) is 0 Å². The van der Waals surface area contributed by atoms with Gasteiger partial charge in [0.15, 0.2) is 5.76 Å². The maximum Gasteiger partial charge on any atom is 0.416 e. The van der Waals surface area contributed by atoms with Gasteiger partial charge in [-0.15, -0.1) is 0 Å². The predicted octanol–water partition coefficient (Wildman–Crippen LogP) is 4.22. The number of amides is 2. The summed E-state index contributed by atoms with van der Waals surface area (Å²) in [4.78, 5) is 29.2. The van der Waals surface area contributed by atoms with Gasteiger partial charge in [0.2, 0.25) is 0 Å². The minimum atomic E-state index is -4.45. The third-order valence-corrected chi connectivity index (χ3v) is 6.04. The summed E-state index contributed by atoms with van der Waals surface area (Å²) >= 11 is 0. The maximum absolute atomic E-state index is 13.0. The predicted molar refractivity (Wildman–Crippen MR) is 109 cm³/mol. The first-order chi connectivity index (χ1) is 15.3. The lowest BCUT2D eigenvalue weighted by Crippen LogP contribution is -2.52. The maximum atomic E-state index is 13.0. The average Bonchev–Trinajstić information content (AvgIpc) is 3.51. The number of hydrogen-bond donors (Lipinski definition) is 0. The van der Waals surface area contributed by atoms with Crippen LogP contribution in [0, 0.1) is 0 Å². The zero-order valence-corrected chi connectivity index (χ0v) is 17.5. The second-order valence-corrected chi connectivity index (χ2v) is 8.19. The molecule has 1 aromatic carbocycles. The lowest BCUT2D eigenvalue weighted by Gasteiger charge is -2.37. The van der Waals surface area contributed by atoms with Crippen LogP contribution in [0.5, 0.6) is 0 Å². The molecule has 9 heteroatoms. The van der Waals surface area contributed by atoms with E-state index < -0.39 is 11.7 Å². The Hall–Kier alpha value is -2.81. The minimum absolute atomic E-state index is 0.0946. The third kappa shape index (κ3) is 4.98.